The molecule has 0 unspecified atom stereocenters. The van der Waals surface area contributed by atoms with Crippen molar-refractivity contribution in [2.75, 3.05) is 17.2 Å². The highest BCUT2D eigenvalue weighted by Crippen LogP contribution is 2.25. The molecule has 0 saturated carbocycles. The lowest BCUT2D eigenvalue weighted by Crippen LogP contribution is -2.29. The Morgan fingerprint density at radius 3 is 2.62 bits per heavy atom. The second kappa shape index (κ2) is 6.58. The summed E-state index contributed by atoms with van der Waals surface area (Å²) in [5.74, 6) is -1.32. The molecule has 2 rings (SSSR count). The third-order valence-electron chi connectivity index (χ3n) is 2.96. The van der Waals surface area contributed by atoms with Crippen molar-refractivity contribution >= 4 is 33.3 Å². The van der Waals surface area contributed by atoms with Crippen LogP contribution in [0.4, 0.5) is 15.8 Å². The lowest BCUT2D eigenvalue weighted by molar-refractivity contribution is -0.135. The first kappa shape index (κ1) is 15.3. The van der Waals surface area contributed by atoms with Gasteiger partial charge in [-0.2, -0.15) is 0 Å². The van der Waals surface area contributed by atoms with Gasteiger partial charge in [-0.25, -0.2) is 4.39 Å². The number of carbonyl (C=O) groups is 1. The number of carboxylic acids is 1. The molecule has 0 atom stereocenters. The van der Waals surface area contributed by atoms with Crippen LogP contribution in [0.2, 0.25) is 0 Å². The number of anilines is 2. The number of nitrogens with zero attached hydrogens (tertiary/aromatic N) is 1. The number of hydrogen-bond acceptors (Lipinski definition) is 3. The van der Waals surface area contributed by atoms with Gasteiger partial charge in [-0.1, -0.05) is 18.2 Å². The van der Waals surface area contributed by atoms with E-state index < -0.39 is 5.97 Å². The molecule has 0 spiro atoms. The van der Waals surface area contributed by atoms with Gasteiger partial charge >= 0.3 is 5.97 Å². The Hall–Kier alpha value is -2.08. The average Bonchev–Trinajstić information content (AvgIpc) is 2.42. The van der Waals surface area contributed by atoms with Crippen molar-refractivity contribution in [3.63, 3.8) is 0 Å². The molecule has 0 bridgehead atoms. The number of para-hydroxylation sites is 2. The van der Waals surface area contributed by atoms with Crippen LogP contribution in [0.3, 0.4) is 0 Å². The number of rotatable bonds is 5. The van der Waals surface area contributed by atoms with E-state index in [-0.39, 0.29) is 12.4 Å². The third-order valence-corrected chi connectivity index (χ3v) is 3.57. The molecule has 0 amide bonds. The van der Waals surface area contributed by atoms with Gasteiger partial charge in [-0.05, 0) is 45.8 Å². The SMILES string of the molecule is Nc1ccccc1N(CC(=O)O)Cc1ccc(F)c(Br)c1. The normalized spacial score (nSPS) is 10.4. The number of carboxylic acid groups (broad SMARTS) is 1. The molecule has 4 nitrogen and oxygen atoms in total. The van der Waals surface area contributed by atoms with E-state index in [0.29, 0.717) is 22.4 Å². The molecule has 0 aliphatic heterocycles. The van der Waals surface area contributed by atoms with Crippen molar-refractivity contribution < 1.29 is 14.3 Å². The van der Waals surface area contributed by atoms with Crippen LogP contribution in [0.1, 0.15) is 5.56 Å². The Morgan fingerprint density at radius 1 is 1.29 bits per heavy atom. The minimum absolute atomic E-state index is 0.191. The van der Waals surface area contributed by atoms with Gasteiger partial charge in [0.25, 0.3) is 0 Å². The van der Waals surface area contributed by atoms with Gasteiger partial charge in [0.1, 0.15) is 12.4 Å². The second-order valence-electron chi connectivity index (χ2n) is 4.56. The third kappa shape index (κ3) is 3.95. The van der Waals surface area contributed by atoms with Crippen LogP contribution in [-0.2, 0) is 11.3 Å². The highest BCUT2D eigenvalue weighted by Gasteiger charge is 2.14. The lowest BCUT2D eigenvalue weighted by Gasteiger charge is -2.24. The van der Waals surface area contributed by atoms with Crippen molar-refractivity contribution in [2.24, 2.45) is 0 Å². The molecule has 0 heterocycles. The van der Waals surface area contributed by atoms with E-state index in [1.807, 2.05) is 0 Å². The number of nitrogens with two attached hydrogens (primary N) is 1. The monoisotopic (exact) mass is 352 g/mol. The zero-order valence-electron chi connectivity index (χ0n) is 11.1. The van der Waals surface area contributed by atoms with Crippen molar-refractivity contribution in [3.8, 4) is 0 Å². The van der Waals surface area contributed by atoms with Gasteiger partial charge in [0, 0.05) is 6.54 Å². The Labute approximate surface area is 130 Å². The van der Waals surface area contributed by atoms with Gasteiger partial charge in [0.05, 0.1) is 15.8 Å². The quantitative estimate of drug-likeness (QED) is 0.810. The van der Waals surface area contributed by atoms with Crippen LogP contribution in [0.15, 0.2) is 46.9 Å². The zero-order chi connectivity index (χ0) is 15.4. The molecule has 2 aromatic rings. The maximum atomic E-state index is 13.3. The highest BCUT2D eigenvalue weighted by molar-refractivity contribution is 9.10. The number of halogens is 2. The summed E-state index contributed by atoms with van der Waals surface area (Å²) >= 11 is 3.12. The molecule has 0 aliphatic carbocycles. The largest absolute Gasteiger partial charge is 0.480 e. The Bertz CT molecular complexity index is 664. The van der Waals surface area contributed by atoms with Crippen LogP contribution in [0.5, 0.6) is 0 Å². The van der Waals surface area contributed by atoms with Crippen LogP contribution in [-0.4, -0.2) is 17.6 Å². The summed E-state index contributed by atoms with van der Waals surface area (Å²) < 4.78 is 13.6. The number of nitrogen functional groups attached to an aromatic ring is 1. The van der Waals surface area contributed by atoms with Gasteiger partial charge in [-0.15, -0.1) is 0 Å². The number of benzene rings is 2. The van der Waals surface area contributed by atoms with E-state index in [4.69, 9.17) is 10.8 Å². The standard InChI is InChI=1S/C15H14BrFN2O2/c16-11-7-10(5-6-12(11)17)8-19(9-15(20)21)14-4-2-1-3-13(14)18/h1-7H,8-9,18H2,(H,20,21). The molecular formula is C15H14BrFN2O2. The molecule has 3 N–H and O–H groups in total. The molecule has 0 aliphatic rings. The number of hydrogen-bond donors (Lipinski definition) is 2. The van der Waals surface area contributed by atoms with Gasteiger partial charge in [0.15, 0.2) is 0 Å². The van der Waals surface area contributed by atoms with Crippen LogP contribution in [0, 0.1) is 5.82 Å². The number of aliphatic carboxylic acids is 1. The molecule has 2 aromatic carbocycles. The van der Waals surface area contributed by atoms with Crippen molar-refractivity contribution in [1.82, 2.24) is 0 Å². The molecule has 6 heteroatoms. The van der Waals surface area contributed by atoms with E-state index in [1.165, 1.54) is 6.07 Å². The molecular weight excluding hydrogens is 339 g/mol. The van der Waals surface area contributed by atoms with E-state index in [0.717, 1.165) is 5.56 Å². The molecule has 0 saturated heterocycles. The van der Waals surface area contributed by atoms with Crippen molar-refractivity contribution in [2.45, 2.75) is 6.54 Å². The fourth-order valence-electron chi connectivity index (χ4n) is 2.02. The molecule has 0 radical (unpaired) electrons. The summed E-state index contributed by atoms with van der Waals surface area (Å²) in [5, 5.41) is 9.06. The Balaban J connectivity index is 2.30. The van der Waals surface area contributed by atoms with Crippen LogP contribution < -0.4 is 10.6 Å². The van der Waals surface area contributed by atoms with E-state index in [1.54, 1.807) is 41.3 Å². The fourth-order valence-corrected chi connectivity index (χ4v) is 2.45. The molecule has 0 fully saturated rings. The maximum absolute atomic E-state index is 13.3. The van der Waals surface area contributed by atoms with Crippen LogP contribution in [0.25, 0.3) is 0 Å². The van der Waals surface area contributed by atoms with Gasteiger partial charge in [0.2, 0.25) is 0 Å². The van der Waals surface area contributed by atoms with Crippen molar-refractivity contribution in [3.05, 3.63) is 58.3 Å². The molecule has 21 heavy (non-hydrogen) atoms. The highest BCUT2D eigenvalue weighted by atomic mass is 79.9. The Kier molecular flexibility index (Phi) is 4.80. The van der Waals surface area contributed by atoms with Crippen LogP contribution >= 0.6 is 15.9 Å². The van der Waals surface area contributed by atoms with Crippen molar-refractivity contribution in [1.29, 1.82) is 0 Å². The Morgan fingerprint density at radius 2 is 2.00 bits per heavy atom. The fraction of sp³-hybridized carbons (Fsp3) is 0.133. The zero-order valence-corrected chi connectivity index (χ0v) is 12.7. The van der Waals surface area contributed by atoms with E-state index >= 15 is 0 Å². The summed E-state index contributed by atoms with van der Waals surface area (Å²) in [5.41, 5.74) is 7.83. The first-order chi connectivity index (χ1) is 9.97. The molecule has 0 aromatic heterocycles. The maximum Gasteiger partial charge on any atom is 0.323 e. The minimum atomic E-state index is -0.959. The first-order valence-electron chi connectivity index (χ1n) is 6.22. The summed E-state index contributed by atoms with van der Waals surface area (Å²) in [6.45, 7) is 0.128. The summed E-state index contributed by atoms with van der Waals surface area (Å²) in [6, 6.07) is 11.6. The molecule has 110 valence electrons. The first-order valence-corrected chi connectivity index (χ1v) is 7.02. The average molecular weight is 353 g/mol. The predicted octanol–water partition coefficient (Wildman–Crippen LogP) is 3.26. The van der Waals surface area contributed by atoms with E-state index in [2.05, 4.69) is 15.9 Å². The van der Waals surface area contributed by atoms with E-state index in [9.17, 15) is 9.18 Å². The topological polar surface area (TPSA) is 66.6 Å². The minimum Gasteiger partial charge on any atom is -0.480 e. The predicted molar refractivity (Wildman–Crippen MR) is 83.6 cm³/mol. The summed E-state index contributed by atoms with van der Waals surface area (Å²) in [4.78, 5) is 12.7. The smallest absolute Gasteiger partial charge is 0.323 e. The van der Waals surface area contributed by atoms with Gasteiger partial charge in [-0.3, -0.25) is 4.79 Å². The van der Waals surface area contributed by atoms with Gasteiger partial charge < -0.3 is 15.7 Å². The second-order valence-corrected chi connectivity index (χ2v) is 5.41. The summed E-state index contributed by atoms with van der Waals surface area (Å²) in [6.07, 6.45) is 0. The summed E-state index contributed by atoms with van der Waals surface area (Å²) in [7, 11) is 0. The lowest BCUT2D eigenvalue weighted by atomic mass is 10.1.